The lowest BCUT2D eigenvalue weighted by Gasteiger charge is -2.10. The first-order valence-corrected chi connectivity index (χ1v) is 4.28. The quantitative estimate of drug-likeness (QED) is 0.630. The van der Waals surface area contributed by atoms with Gasteiger partial charge in [0.05, 0.1) is 5.57 Å². The van der Waals surface area contributed by atoms with Crippen molar-refractivity contribution in [3.05, 3.63) is 22.8 Å². The van der Waals surface area contributed by atoms with Crippen LogP contribution in [0, 0.1) is 5.41 Å². The predicted molar refractivity (Wildman–Crippen MR) is 55.1 cm³/mol. The van der Waals surface area contributed by atoms with E-state index in [2.05, 4.69) is 17.6 Å². The summed E-state index contributed by atoms with van der Waals surface area (Å²) in [6, 6.07) is 0. The Hall–Kier alpha value is -1.03. The van der Waals surface area contributed by atoms with Crippen LogP contribution in [0.2, 0.25) is 0 Å². The summed E-state index contributed by atoms with van der Waals surface area (Å²) in [5.41, 5.74) is -0.0873. The number of nitrogens with zero attached hydrogens (tertiary/aromatic N) is 1. The lowest BCUT2D eigenvalue weighted by Crippen LogP contribution is -2.07. The van der Waals surface area contributed by atoms with Gasteiger partial charge in [-0.3, -0.25) is 4.99 Å². The van der Waals surface area contributed by atoms with Crippen LogP contribution >= 0.6 is 12.6 Å². The Kier molecular flexibility index (Phi) is 2.61. The molecule has 0 fully saturated rings. The second-order valence-corrected chi connectivity index (χ2v) is 3.88. The minimum atomic E-state index is -1.00. The first kappa shape index (κ1) is 10.1. The molecule has 1 N–H and O–H groups in total. The molecule has 0 unspecified atom stereocenters. The molecule has 1 rings (SSSR count). The van der Waals surface area contributed by atoms with E-state index in [0.717, 1.165) is 0 Å². The molecule has 0 saturated heterocycles. The Morgan fingerprint density at radius 1 is 1.62 bits per heavy atom. The van der Waals surface area contributed by atoms with Crippen LogP contribution in [0.3, 0.4) is 0 Å². The number of hydrogen-bond acceptors (Lipinski definition) is 3. The Labute approximate surface area is 82.3 Å². The van der Waals surface area contributed by atoms with Crippen LogP contribution < -0.4 is 0 Å². The van der Waals surface area contributed by atoms with E-state index in [9.17, 15) is 4.79 Å². The van der Waals surface area contributed by atoms with Gasteiger partial charge < -0.3 is 5.11 Å². The first-order chi connectivity index (χ1) is 5.92. The van der Waals surface area contributed by atoms with Crippen LogP contribution in [-0.4, -0.2) is 17.3 Å². The maximum Gasteiger partial charge on any atom is 0.338 e. The number of aliphatic carboxylic acids is 1. The van der Waals surface area contributed by atoms with E-state index in [-0.39, 0.29) is 16.0 Å². The van der Waals surface area contributed by atoms with Gasteiger partial charge in [-0.2, -0.15) is 0 Å². The van der Waals surface area contributed by atoms with E-state index in [1.165, 1.54) is 6.08 Å². The number of carboxylic acids is 1. The molecule has 70 valence electrons. The van der Waals surface area contributed by atoms with Crippen molar-refractivity contribution in [3.63, 3.8) is 0 Å². The Morgan fingerprint density at radius 2 is 2.23 bits per heavy atom. The third kappa shape index (κ3) is 2.45. The average molecular weight is 197 g/mol. The second kappa shape index (κ2) is 3.38. The third-order valence-electron chi connectivity index (χ3n) is 1.67. The lowest BCUT2D eigenvalue weighted by atomic mass is 9.94. The van der Waals surface area contributed by atoms with Gasteiger partial charge in [-0.15, -0.1) is 12.6 Å². The third-order valence-corrected chi connectivity index (χ3v) is 2.03. The van der Waals surface area contributed by atoms with Gasteiger partial charge in [0.25, 0.3) is 0 Å². The van der Waals surface area contributed by atoms with Crippen LogP contribution in [0.25, 0.3) is 0 Å². The maximum atomic E-state index is 10.7. The van der Waals surface area contributed by atoms with Crippen LogP contribution in [-0.2, 0) is 4.79 Å². The summed E-state index contributed by atoms with van der Waals surface area (Å²) in [7, 11) is 0. The van der Waals surface area contributed by atoms with Gasteiger partial charge in [-0.1, -0.05) is 19.9 Å². The largest absolute Gasteiger partial charge is 0.478 e. The summed E-state index contributed by atoms with van der Waals surface area (Å²) in [6.07, 6.45) is 5.02. The fourth-order valence-electron chi connectivity index (χ4n) is 0.880. The number of thiol groups is 1. The zero-order valence-electron chi connectivity index (χ0n) is 7.48. The summed E-state index contributed by atoms with van der Waals surface area (Å²) in [5.74, 6) is -1.00. The summed E-state index contributed by atoms with van der Waals surface area (Å²) in [5, 5.41) is 9.02. The molecule has 0 aliphatic carbocycles. The monoisotopic (exact) mass is 197 g/mol. The highest BCUT2D eigenvalue weighted by Gasteiger charge is 2.17. The maximum absolute atomic E-state index is 10.7. The van der Waals surface area contributed by atoms with Gasteiger partial charge >= 0.3 is 5.97 Å². The molecule has 0 spiro atoms. The summed E-state index contributed by atoms with van der Waals surface area (Å²) in [6.45, 7) is 3.89. The van der Waals surface area contributed by atoms with Crippen molar-refractivity contribution in [3.8, 4) is 0 Å². The van der Waals surface area contributed by atoms with Gasteiger partial charge in [-0.05, 0) is 6.08 Å². The molecule has 0 aromatic rings. The molecular weight excluding hydrogens is 186 g/mol. The molecule has 13 heavy (non-hydrogen) atoms. The van der Waals surface area contributed by atoms with Crippen molar-refractivity contribution in [1.29, 1.82) is 0 Å². The molecule has 0 aromatic carbocycles. The molecule has 1 aliphatic rings. The number of allylic oxidation sites excluding steroid dienone is 1. The standard InChI is InChI=1S/C9H11NO2S/c1-9(2)4-3-6(8(11)12)7(13)10-5-9/h3-5,13H,1-2H3,(H,11,12). The number of hydrogen-bond donors (Lipinski definition) is 2. The fourth-order valence-corrected chi connectivity index (χ4v) is 1.11. The van der Waals surface area contributed by atoms with E-state index < -0.39 is 5.97 Å². The first-order valence-electron chi connectivity index (χ1n) is 3.83. The van der Waals surface area contributed by atoms with Crippen LogP contribution in [0.4, 0.5) is 0 Å². The predicted octanol–water partition coefficient (Wildman–Crippen LogP) is 1.88. The highest BCUT2D eigenvalue weighted by molar-refractivity contribution is 7.84. The van der Waals surface area contributed by atoms with Gasteiger partial charge in [0, 0.05) is 11.6 Å². The van der Waals surface area contributed by atoms with Crippen molar-refractivity contribution in [2.24, 2.45) is 10.4 Å². The molecule has 0 amide bonds. The van der Waals surface area contributed by atoms with Crippen LogP contribution in [0.1, 0.15) is 13.8 Å². The molecule has 0 saturated carbocycles. The van der Waals surface area contributed by atoms with Crippen molar-refractivity contribution in [2.75, 3.05) is 0 Å². The van der Waals surface area contributed by atoms with Crippen molar-refractivity contribution < 1.29 is 9.90 Å². The highest BCUT2D eigenvalue weighted by atomic mass is 32.1. The van der Waals surface area contributed by atoms with Gasteiger partial charge in [0.15, 0.2) is 0 Å². The van der Waals surface area contributed by atoms with Crippen molar-refractivity contribution in [2.45, 2.75) is 13.8 Å². The summed E-state index contributed by atoms with van der Waals surface area (Å²) >= 11 is 3.99. The second-order valence-electron chi connectivity index (χ2n) is 3.46. The number of carboxylic acid groups (broad SMARTS) is 1. The molecule has 1 heterocycles. The molecule has 3 nitrogen and oxygen atoms in total. The van der Waals surface area contributed by atoms with E-state index in [4.69, 9.17) is 5.11 Å². The molecule has 4 heteroatoms. The van der Waals surface area contributed by atoms with Gasteiger partial charge in [0.2, 0.25) is 0 Å². The summed E-state index contributed by atoms with van der Waals surface area (Å²) < 4.78 is 0. The normalized spacial score (nSPS) is 20.2. The van der Waals surface area contributed by atoms with Gasteiger partial charge in [-0.25, -0.2) is 4.79 Å². The Balaban J connectivity index is 3.12. The van der Waals surface area contributed by atoms with E-state index in [1.54, 1.807) is 12.3 Å². The molecule has 1 aliphatic heterocycles. The summed E-state index contributed by atoms with van der Waals surface area (Å²) in [4.78, 5) is 14.7. The minimum absolute atomic E-state index is 0.130. The smallest absolute Gasteiger partial charge is 0.338 e. The molecule has 0 aromatic heterocycles. The topological polar surface area (TPSA) is 49.7 Å². The van der Waals surface area contributed by atoms with Gasteiger partial charge in [0.1, 0.15) is 5.03 Å². The minimum Gasteiger partial charge on any atom is -0.478 e. The Morgan fingerprint density at radius 3 is 2.77 bits per heavy atom. The molecule has 0 atom stereocenters. The SMILES string of the molecule is CC1(C)C=CC(C(=O)O)=C(S)N=C1. The number of carbonyl (C=O) groups is 1. The molecule has 0 radical (unpaired) electrons. The molecule has 0 bridgehead atoms. The zero-order chi connectivity index (χ0) is 10.1. The van der Waals surface area contributed by atoms with Crippen LogP contribution in [0.5, 0.6) is 0 Å². The van der Waals surface area contributed by atoms with Crippen molar-refractivity contribution in [1.82, 2.24) is 0 Å². The average Bonchev–Trinajstić information content (AvgIpc) is 2.11. The van der Waals surface area contributed by atoms with E-state index in [1.807, 2.05) is 13.8 Å². The van der Waals surface area contributed by atoms with E-state index >= 15 is 0 Å². The number of rotatable bonds is 1. The fraction of sp³-hybridized carbons (Fsp3) is 0.333. The highest BCUT2D eigenvalue weighted by Crippen LogP contribution is 2.23. The van der Waals surface area contributed by atoms with Crippen LogP contribution in [0.15, 0.2) is 27.7 Å². The molecular formula is C9H11NO2S. The number of aliphatic imine (C=N–C) groups is 1. The Bertz CT molecular complexity index is 327. The zero-order valence-corrected chi connectivity index (χ0v) is 8.38. The van der Waals surface area contributed by atoms with E-state index in [0.29, 0.717) is 0 Å². The van der Waals surface area contributed by atoms with Crippen molar-refractivity contribution >= 4 is 24.8 Å². The lowest BCUT2D eigenvalue weighted by molar-refractivity contribution is -0.132.